The Morgan fingerprint density at radius 2 is 1.84 bits per heavy atom. The van der Waals surface area contributed by atoms with Crippen molar-refractivity contribution in [3.8, 4) is 5.75 Å². The van der Waals surface area contributed by atoms with Gasteiger partial charge in [0.25, 0.3) is 5.91 Å². The fourth-order valence-electron chi connectivity index (χ4n) is 2.23. The van der Waals surface area contributed by atoms with Crippen LogP contribution in [0.3, 0.4) is 0 Å². The van der Waals surface area contributed by atoms with Crippen molar-refractivity contribution in [3.05, 3.63) is 32.7 Å². The third-order valence-corrected chi connectivity index (χ3v) is 4.82. The molecular weight excluding hydrogens is 381 g/mol. The summed E-state index contributed by atoms with van der Waals surface area (Å²) in [6.07, 6.45) is 5.71. The van der Waals surface area contributed by atoms with Crippen LogP contribution in [0.5, 0.6) is 5.75 Å². The first-order valence-electron chi connectivity index (χ1n) is 8.24. The van der Waals surface area contributed by atoms with Crippen molar-refractivity contribution < 1.29 is 9.53 Å². The lowest BCUT2D eigenvalue weighted by atomic mass is 10.2. The van der Waals surface area contributed by atoms with Crippen molar-refractivity contribution in [1.29, 1.82) is 0 Å². The molecule has 2 rings (SSSR count). The summed E-state index contributed by atoms with van der Waals surface area (Å²) >= 11 is 13.8. The van der Waals surface area contributed by atoms with Gasteiger partial charge in [0.15, 0.2) is 5.75 Å². The average molecular weight is 402 g/mol. The van der Waals surface area contributed by atoms with Crippen LogP contribution in [0.1, 0.15) is 54.4 Å². The zero-order chi connectivity index (χ0) is 18.2. The number of nitrogens with zero attached hydrogens (tertiary/aromatic N) is 2. The fourth-order valence-corrected chi connectivity index (χ4v) is 3.41. The second kappa shape index (κ2) is 9.94. The molecule has 2 aromatic rings. The quantitative estimate of drug-likeness (QED) is 0.542. The van der Waals surface area contributed by atoms with Crippen molar-refractivity contribution >= 4 is 45.6 Å². The maximum Gasteiger partial charge on any atom is 0.257 e. The molecule has 0 atom stereocenters. The van der Waals surface area contributed by atoms with Crippen LogP contribution in [0.15, 0.2) is 12.1 Å². The number of aromatic nitrogens is 2. The average Bonchev–Trinajstić information content (AvgIpc) is 2.97. The number of aryl methyl sites for hydroxylation is 1. The van der Waals surface area contributed by atoms with E-state index in [9.17, 15) is 4.79 Å². The first-order chi connectivity index (χ1) is 12.0. The molecule has 0 saturated carbocycles. The highest BCUT2D eigenvalue weighted by molar-refractivity contribution is 7.15. The molecule has 1 aromatic heterocycles. The maximum absolute atomic E-state index is 12.3. The molecule has 5 nitrogen and oxygen atoms in total. The van der Waals surface area contributed by atoms with E-state index >= 15 is 0 Å². The fraction of sp³-hybridized carbons (Fsp3) is 0.471. The lowest BCUT2D eigenvalue weighted by Crippen LogP contribution is -2.12. The molecule has 0 unspecified atom stereocenters. The number of hydrogen-bond donors (Lipinski definition) is 1. The molecule has 8 heteroatoms. The van der Waals surface area contributed by atoms with Crippen LogP contribution in [-0.4, -0.2) is 22.7 Å². The van der Waals surface area contributed by atoms with Gasteiger partial charge in [-0.05, 0) is 25.5 Å². The van der Waals surface area contributed by atoms with Crippen molar-refractivity contribution in [1.82, 2.24) is 10.2 Å². The van der Waals surface area contributed by atoms with Gasteiger partial charge in [-0.2, -0.15) is 0 Å². The van der Waals surface area contributed by atoms with Gasteiger partial charge in [-0.25, -0.2) is 0 Å². The highest BCUT2D eigenvalue weighted by atomic mass is 35.5. The Morgan fingerprint density at radius 1 is 1.16 bits per heavy atom. The number of carbonyl (C=O) groups is 1. The number of hydrogen-bond acceptors (Lipinski definition) is 5. The lowest BCUT2D eigenvalue weighted by molar-refractivity contribution is 0.102. The van der Waals surface area contributed by atoms with Crippen LogP contribution in [0.4, 0.5) is 5.13 Å². The molecule has 0 aliphatic carbocycles. The minimum atomic E-state index is -0.342. The third-order valence-electron chi connectivity index (χ3n) is 3.50. The number of ether oxygens (including phenoxy) is 1. The van der Waals surface area contributed by atoms with E-state index in [-0.39, 0.29) is 5.91 Å². The molecule has 1 N–H and O–H groups in total. The standard InChI is InChI=1S/C17H21Cl2N3O2S/c1-3-4-5-6-7-8-24-15-13(18)9-12(10-14(15)19)16(23)20-17-22-21-11(2)25-17/h9-10H,3-8H2,1-2H3,(H,20,22,23). The maximum atomic E-state index is 12.3. The second-order valence-corrected chi connectivity index (χ2v) is 7.61. The molecule has 0 spiro atoms. The summed E-state index contributed by atoms with van der Waals surface area (Å²) in [6.45, 7) is 4.55. The molecule has 25 heavy (non-hydrogen) atoms. The highest BCUT2D eigenvalue weighted by Crippen LogP contribution is 2.34. The van der Waals surface area contributed by atoms with E-state index in [1.54, 1.807) is 12.1 Å². The van der Waals surface area contributed by atoms with E-state index in [0.717, 1.165) is 17.8 Å². The minimum Gasteiger partial charge on any atom is -0.490 e. The zero-order valence-electron chi connectivity index (χ0n) is 14.3. The Hall–Kier alpha value is -1.37. The number of unbranched alkanes of at least 4 members (excludes halogenated alkanes) is 4. The first-order valence-corrected chi connectivity index (χ1v) is 9.81. The van der Waals surface area contributed by atoms with Crippen LogP contribution >= 0.6 is 34.5 Å². The molecule has 0 radical (unpaired) electrons. The van der Waals surface area contributed by atoms with E-state index in [0.29, 0.717) is 33.1 Å². The summed E-state index contributed by atoms with van der Waals surface area (Å²) in [7, 11) is 0. The largest absolute Gasteiger partial charge is 0.490 e. The molecule has 0 aliphatic rings. The number of amides is 1. The number of nitrogens with one attached hydrogen (secondary N) is 1. The van der Waals surface area contributed by atoms with Gasteiger partial charge in [-0.3, -0.25) is 10.1 Å². The van der Waals surface area contributed by atoms with Crippen LogP contribution in [0.2, 0.25) is 10.0 Å². The summed E-state index contributed by atoms with van der Waals surface area (Å²) < 4.78 is 5.69. The summed E-state index contributed by atoms with van der Waals surface area (Å²) in [4.78, 5) is 12.3. The Bertz CT molecular complexity index is 699. The molecule has 0 aliphatic heterocycles. The molecule has 1 aromatic carbocycles. The van der Waals surface area contributed by atoms with Crippen LogP contribution in [-0.2, 0) is 0 Å². The lowest BCUT2D eigenvalue weighted by Gasteiger charge is -2.11. The van der Waals surface area contributed by atoms with Gasteiger partial charge < -0.3 is 4.74 Å². The third kappa shape index (κ3) is 6.13. The minimum absolute atomic E-state index is 0.319. The Morgan fingerprint density at radius 3 is 2.44 bits per heavy atom. The number of carbonyl (C=O) groups excluding carboxylic acids is 1. The number of anilines is 1. The van der Waals surface area contributed by atoms with Gasteiger partial charge in [-0.15, -0.1) is 10.2 Å². The SMILES string of the molecule is CCCCCCCOc1c(Cl)cc(C(=O)Nc2nnc(C)s2)cc1Cl. The molecule has 1 amide bonds. The number of benzene rings is 1. The molecule has 0 fully saturated rings. The summed E-state index contributed by atoms with van der Waals surface area (Å²) in [5, 5.41) is 12.2. The van der Waals surface area contributed by atoms with E-state index in [1.165, 1.54) is 30.6 Å². The van der Waals surface area contributed by atoms with Crippen molar-refractivity contribution in [2.24, 2.45) is 0 Å². The van der Waals surface area contributed by atoms with E-state index in [4.69, 9.17) is 27.9 Å². The van der Waals surface area contributed by atoms with Crippen LogP contribution < -0.4 is 10.1 Å². The van der Waals surface area contributed by atoms with Gasteiger partial charge in [-0.1, -0.05) is 67.1 Å². The molecule has 136 valence electrons. The monoisotopic (exact) mass is 401 g/mol. The van der Waals surface area contributed by atoms with Crippen molar-refractivity contribution in [2.75, 3.05) is 11.9 Å². The predicted molar refractivity (Wildman–Crippen MR) is 103 cm³/mol. The topological polar surface area (TPSA) is 64.1 Å². The van der Waals surface area contributed by atoms with Gasteiger partial charge >= 0.3 is 0 Å². The molecule has 0 saturated heterocycles. The highest BCUT2D eigenvalue weighted by Gasteiger charge is 2.15. The Labute approximate surface area is 161 Å². The van der Waals surface area contributed by atoms with Gasteiger partial charge in [0.05, 0.1) is 16.7 Å². The smallest absolute Gasteiger partial charge is 0.257 e. The number of rotatable bonds is 9. The van der Waals surface area contributed by atoms with E-state index in [2.05, 4.69) is 22.4 Å². The van der Waals surface area contributed by atoms with Crippen LogP contribution in [0.25, 0.3) is 0 Å². The Balaban J connectivity index is 1.95. The normalized spacial score (nSPS) is 10.7. The summed E-state index contributed by atoms with van der Waals surface area (Å²) in [5.41, 5.74) is 0.346. The molecule has 1 heterocycles. The first kappa shape index (κ1) is 19.9. The van der Waals surface area contributed by atoms with Gasteiger partial charge in [0.1, 0.15) is 5.01 Å². The van der Waals surface area contributed by atoms with Crippen molar-refractivity contribution in [3.63, 3.8) is 0 Å². The van der Waals surface area contributed by atoms with Crippen LogP contribution in [0, 0.1) is 6.92 Å². The van der Waals surface area contributed by atoms with E-state index in [1.807, 2.05) is 6.92 Å². The Kier molecular flexibility index (Phi) is 7.93. The van der Waals surface area contributed by atoms with E-state index < -0.39 is 0 Å². The zero-order valence-corrected chi connectivity index (χ0v) is 16.6. The second-order valence-electron chi connectivity index (χ2n) is 5.61. The molecular formula is C17H21Cl2N3O2S. The predicted octanol–water partition coefficient (Wildman–Crippen LogP) is 5.75. The molecule has 0 bridgehead atoms. The summed E-state index contributed by atoms with van der Waals surface area (Å²) in [6, 6.07) is 3.09. The van der Waals surface area contributed by atoms with Gasteiger partial charge in [0, 0.05) is 5.56 Å². The summed E-state index contributed by atoms with van der Waals surface area (Å²) in [5.74, 6) is 0.0770. The van der Waals surface area contributed by atoms with Gasteiger partial charge in [0.2, 0.25) is 5.13 Å². The van der Waals surface area contributed by atoms with Crippen molar-refractivity contribution in [2.45, 2.75) is 46.0 Å². The number of halogens is 2.